The topological polar surface area (TPSA) is 15.3 Å². The van der Waals surface area contributed by atoms with E-state index in [9.17, 15) is 4.39 Å². The van der Waals surface area contributed by atoms with Crippen LogP contribution in [0.4, 0.5) is 4.39 Å². The van der Waals surface area contributed by atoms with Gasteiger partial charge in [0.05, 0.1) is 0 Å². The molecule has 1 fully saturated rings. The highest BCUT2D eigenvalue weighted by Gasteiger charge is 2.22. The molecule has 1 aliphatic carbocycles. The van der Waals surface area contributed by atoms with E-state index >= 15 is 0 Å². The Labute approximate surface area is 128 Å². The summed E-state index contributed by atoms with van der Waals surface area (Å²) in [5.41, 5.74) is 1.17. The molecule has 21 heavy (non-hydrogen) atoms. The van der Waals surface area contributed by atoms with Crippen molar-refractivity contribution >= 4 is 0 Å². The largest absolute Gasteiger partial charge is 0.313 e. The van der Waals surface area contributed by atoms with Crippen molar-refractivity contribution in [1.29, 1.82) is 0 Å². The van der Waals surface area contributed by atoms with Gasteiger partial charge >= 0.3 is 0 Å². The summed E-state index contributed by atoms with van der Waals surface area (Å²) in [5.74, 6) is 0.699. The van der Waals surface area contributed by atoms with Gasteiger partial charge in [-0.2, -0.15) is 0 Å². The van der Waals surface area contributed by atoms with E-state index < -0.39 is 0 Å². The molecule has 3 heteroatoms. The third-order valence-corrected chi connectivity index (χ3v) is 4.92. The zero-order chi connectivity index (χ0) is 15.2. The minimum absolute atomic E-state index is 0.165. The molecule has 2 nitrogen and oxygen atoms in total. The Kier molecular flexibility index (Phi) is 6.19. The summed E-state index contributed by atoms with van der Waals surface area (Å²) >= 11 is 0. The molecular weight excluding hydrogens is 263 g/mol. The van der Waals surface area contributed by atoms with E-state index in [1.54, 1.807) is 12.1 Å². The first kappa shape index (κ1) is 16.4. The van der Waals surface area contributed by atoms with Gasteiger partial charge in [0.25, 0.3) is 0 Å². The first-order valence-electron chi connectivity index (χ1n) is 8.23. The van der Waals surface area contributed by atoms with Gasteiger partial charge in [-0.3, -0.25) is 0 Å². The molecule has 118 valence electrons. The molecule has 0 spiro atoms. The molecule has 1 aromatic rings. The van der Waals surface area contributed by atoms with Gasteiger partial charge < -0.3 is 10.2 Å². The van der Waals surface area contributed by atoms with E-state index in [-0.39, 0.29) is 5.82 Å². The number of hydrogen-bond acceptors (Lipinski definition) is 2. The summed E-state index contributed by atoms with van der Waals surface area (Å²) in [6.07, 6.45) is 6.48. The number of nitrogens with zero attached hydrogens (tertiary/aromatic N) is 1. The van der Waals surface area contributed by atoms with E-state index in [2.05, 4.69) is 24.2 Å². The van der Waals surface area contributed by atoms with Gasteiger partial charge in [0.2, 0.25) is 0 Å². The Bertz CT molecular complexity index is 418. The van der Waals surface area contributed by atoms with Crippen molar-refractivity contribution in [3.05, 3.63) is 35.6 Å². The molecule has 0 aromatic heterocycles. The summed E-state index contributed by atoms with van der Waals surface area (Å²) in [6.45, 7) is 3.45. The predicted molar refractivity (Wildman–Crippen MR) is 86.9 cm³/mol. The van der Waals surface area contributed by atoms with Crippen molar-refractivity contribution in [2.24, 2.45) is 5.92 Å². The average Bonchev–Trinajstić information content (AvgIpc) is 2.49. The fourth-order valence-corrected chi connectivity index (χ4v) is 3.49. The average molecular weight is 292 g/mol. The maximum atomic E-state index is 13.0. The monoisotopic (exact) mass is 292 g/mol. The van der Waals surface area contributed by atoms with Crippen molar-refractivity contribution in [2.45, 2.75) is 51.1 Å². The van der Waals surface area contributed by atoms with E-state index in [0.29, 0.717) is 6.04 Å². The van der Waals surface area contributed by atoms with Crippen molar-refractivity contribution in [1.82, 2.24) is 10.2 Å². The maximum Gasteiger partial charge on any atom is 0.123 e. The van der Waals surface area contributed by atoms with Crippen LogP contribution in [0.5, 0.6) is 0 Å². The van der Waals surface area contributed by atoms with E-state index in [4.69, 9.17) is 0 Å². The lowest BCUT2D eigenvalue weighted by atomic mass is 9.86. The maximum absolute atomic E-state index is 13.0. The minimum atomic E-state index is -0.165. The second-order valence-electron chi connectivity index (χ2n) is 6.59. The molecule has 0 saturated heterocycles. The van der Waals surface area contributed by atoms with Crippen LogP contribution in [0, 0.1) is 11.7 Å². The van der Waals surface area contributed by atoms with Gasteiger partial charge in [-0.1, -0.05) is 31.9 Å². The van der Waals surface area contributed by atoms with Crippen LogP contribution >= 0.6 is 0 Å². The normalized spacial score (nSPS) is 24.2. The molecule has 0 bridgehead atoms. The van der Waals surface area contributed by atoms with Crippen LogP contribution in [0.25, 0.3) is 0 Å². The molecule has 1 saturated carbocycles. The number of benzene rings is 1. The second-order valence-corrected chi connectivity index (χ2v) is 6.59. The first-order valence-corrected chi connectivity index (χ1v) is 8.23. The van der Waals surface area contributed by atoms with Gasteiger partial charge in [-0.05, 0) is 63.5 Å². The molecule has 1 aliphatic rings. The summed E-state index contributed by atoms with van der Waals surface area (Å²) < 4.78 is 13.0. The van der Waals surface area contributed by atoms with Crippen LogP contribution in [-0.2, 0) is 0 Å². The van der Waals surface area contributed by atoms with Gasteiger partial charge in [0.15, 0.2) is 0 Å². The zero-order valence-corrected chi connectivity index (χ0v) is 13.6. The molecule has 2 rings (SSSR count). The van der Waals surface area contributed by atoms with E-state index in [1.807, 2.05) is 19.2 Å². The lowest BCUT2D eigenvalue weighted by Crippen LogP contribution is -2.37. The highest BCUT2D eigenvalue weighted by Crippen LogP contribution is 2.27. The molecule has 0 heterocycles. The van der Waals surface area contributed by atoms with Crippen LogP contribution < -0.4 is 5.32 Å². The Morgan fingerprint density at radius 2 is 2.00 bits per heavy atom. The SMILES string of the molecule is CNC(CCN(C)C1CCCC(C)C1)c1ccc(F)cc1. The van der Waals surface area contributed by atoms with Crippen LogP contribution in [0.1, 0.15) is 50.6 Å². The molecule has 1 aromatic carbocycles. The number of hydrogen-bond donors (Lipinski definition) is 1. The summed E-state index contributed by atoms with van der Waals surface area (Å²) in [5, 5.41) is 3.36. The quantitative estimate of drug-likeness (QED) is 0.853. The molecule has 1 N–H and O–H groups in total. The van der Waals surface area contributed by atoms with E-state index in [1.165, 1.54) is 31.2 Å². The van der Waals surface area contributed by atoms with Crippen LogP contribution in [0.15, 0.2) is 24.3 Å². The smallest absolute Gasteiger partial charge is 0.123 e. The van der Waals surface area contributed by atoms with Crippen molar-refractivity contribution in [3.63, 3.8) is 0 Å². The summed E-state index contributed by atoms with van der Waals surface area (Å²) in [6, 6.07) is 7.91. The number of halogens is 1. The van der Waals surface area contributed by atoms with Crippen molar-refractivity contribution in [2.75, 3.05) is 20.6 Å². The number of nitrogens with one attached hydrogen (secondary N) is 1. The fraction of sp³-hybridized carbons (Fsp3) is 0.667. The molecule has 0 aliphatic heterocycles. The van der Waals surface area contributed by atoms with Gasteiger partial charge in [-0.25, -0.2) is 4.39 Å². The zero-order valence-electron chi connectivity index (χ0n) is 13.6. The predicted octanol–water partition coefficient (Wildman–Crippen LogP) is 3.99. The van der Waals surface area contributed by atoms with E-state index in [0.717, 1.165) is 24.9 Å². The lowest BCUT2D eigenvalue weighted by Gasteiger charge is -2.35. The summed E-state index contributed by atoms with van der Waals surface area (Å²) in [4.78, 5) is 2.52. The number of rotatable bonds is 6. The van der Waals surface area contributed by atoms with Gasteiger partial charge in [0.1, 0.15) is 5.82 Å². The third-order valence-electron chi connectivity index (χ3n) is 4.92. The summed E-state index contributed by atoms with van der Waals surface area (Å²) in [7, 11) is 4.23. The van der Waals surface area contributed by atoms with Crippen LogP contribution in [-0.4, -0.2) is 31.6 Å². The first-order chi connectivity index (χ1) is 10.1. The lowest BCUT2D eigenvalue weighted by molar-refractivity contribution is 0.158. The Morgan fingerprint density at radius 1 is 1.29 bits per heavy atom. The third kappa shape index (κ3) is 4.79. The molecular formula is C18H29FN2. The van der Waals surface area contributed by atoms with Crippen molar-refractivity contribution in [3.8, 4) is 0 Å². The molecule has 3 unspecified atom stereocenters. The standard InChI is InChI=1S/C18H29FN2/c1-14-5-4-6-17(13-14)21(3)12-11-18(20-2)15-7-9-16(19)10-8-15/h7-10,14,17-18,20H,4-6,11-13H2,1-3H3. The fourth-order valence-electron chi connectivity index (χ4n) is 3.49. The molecule has 3 atom stereocenters. The highest BCUT2D eigenvalue weighted by molar-refractivity contribution is 5.19. The van der Waals surface area contributed by atoms with Gasteiger partial charge in [-0.15, -0.1) is 0 Å². The molecule has 0 radical (unpaired) electrons. The highest BCUT2D eigenvalue weighted by atomic mass is 19.1. The Morgan fingerprint density at radius 3 is 2.62 bits per heavy atom. The Balaban J connectivity index is 1.86. The molecule has 0 amide bonds. The second kappa shape index (κ2) is 7.90. The Hall–Kier alpha value is -0.930. The van der Waals surface area contributed by atoms with Crippen LogP contribution in [0.3, 0.4) is 0 Å². The van der Waals surface area contributed by atoms with Crippen LogP contribution in [0.2, 0.25) is 0 Å². The van der Waals surface area contributed by atoms with Crippen molar-refractivity contribution < 1.29 is 4.39 Å². The minimum Gasteiger partial charge on any atom is -0.313 e. The van der Waals surface area contributed by atoms with Gasteiger partial charge in [0, 0.05) is 12.1 Å².